The van der Waals surface area contributed by atoms with Crippen LogP contribution in [0.15, 0.2) is 34.8 Å². The average Bonchev–Trinajstić information content (AvgIpc) is 3.21. The summed E-state index contributed by atoms with van der Waals surface area (Å²) in [6.07, 6.45) is 12.7. The van der Waals surface area contributed by atoms with Gasteiger partial charge in [-0.3, -0.25) is 9.69 Å². The van der Waals surface area contributed by atoms with Crippen LogP contribution in [-0.4, -0.2) is 60.0 Å². The van der Waals surface area contributed by atoms with E-state index in [0.717, 1.165) is 74.6 Å². The minimum atomic E-state index is 0.135. The summed E-state index contributed by atoms with van der Waals surface area (Å²) in [7, 11) is 0. The molecule has 0 atom stereocenters. The van der Waals surface area contributed by atoms with Gasteiger partial charge in [-0.25, -0.2) is 4.98 Å². The van der Waals surface area contributed by atoms with E-state index in [1.165, 1.54) is 32.4 Å². The van der Waals surface area contributed by atoms with Crippen molar-refractivity contribution in [2.24, 2.45) is 5.92 Å². The molecule has 2 aliphatic heterocycles. The van der Waals surface area contributed by atoms with E-state index < -0.39 is 0 Å². The van der Waals surface area contributed by atoms with E-state index in [0.29, 0.717) is 5.89 Å². The lowest BCUT2D eigenvalue weighted by Crippen LogP contribution is -2.41. The Bertz CT molecular complexity index is 840. The Morgan fingerprint density at radius 1 is 1.12 bits per heavy atom. The molecule has 6 heteroatoms. The van der Waals surface area contributed by atoms with Crippen molar-refractivity contribution in [1.82, 2.24) is 20.1 Å². The fourth-order valence-electron chi connectivity index (χ4n) is 4.55. The lowest BCUT2D eigenvalue weighted by atomic mass is 9.95. The van der Waals surface area contributed by atoms with Crippen LogP contribution >= 0.6 is 0 Å². The number of carbonyl (C=O) groups excluding carboxylic acids is 1. The highest BCUT2D eigenvalue weighted by Crippen LogP contribution is 2.23. The molecule has 6 nitrogen and oxygen atoms in total. The zero-order valence-electron chi connectivity index (χ0n) is 20.9. The molecule has 2 aliphatic rings. The second kappa shape index (κ2) is 12.9. The molecule has 2 fully saturated rings. The summed E-state index contributed by atoms with van der Waals surface area (Å²) < 4.78 is 5.91. The van der Waals surface area contributed by atoms with Gasteiger partial charge in [0, 0.05) is 24.6 Å². The molecule has 0 unspecified atom stereocenters. The number of piperidine rings is 2. The van der Waals surface area contributed by atoms with Gasteiger partial charge in [0.2, 0.25) is 11.8 Å². The van der Waals surface area contributed by atoms with Gasteiger partial charge in [0.1, 0.15) is 5.76 Å². The van der Waals surface area contributed by atoms with Gasteiger partial charge >= 0.3 is 0 Å². The molecule has 3 rings (SSSR count). The summed E-state index contributed by atoms with van der Waals surface area (Å²) >= 11 is 0. The first-order chi connectivity index (χ1) is 16.0. The van der Waals surface area contributed by atoms with E-state index in [4.69, 9.17) is 9.40 Å². The van der Waals surface area contributed by atoms with Crippen molar-refractivity contribution in [1.29, 1.82) is 0 Å². The van der Waals surface area contributed by atoms with Crippen LogP contribution in [-0.2, 0) is 11.3 Å². The Morgan fingerprint density at radius 2 is 1.85 bits per heavy atom. The van der Waals surface area contributed by atoms with Gasteiger partial charge in [0.15, 0.2) is 0 Å². The van der Waals surface area contributed by atoms with Crippen LogP contribution in [0.5, 0.6) is 0 Å². The number of amides is 1. The maximum Gasteiger partial charge on any atom is 0.223 e. The third-order valence-corrected chi connectivity index (χ3v) is 6.88. The molecule has 0 bridgehead atoms. The van der Waals surface area contributed by atoms with Crippen LogP contribution in [0.25, 0.3) is 5.57 Å². The monoisotopic (exact) mass is 454 g/mol. The van der Waals surface area contributed by atoms with Crippen molar-refractivity contribution in [2.45, 2.75) is 65.8 Å². The van der Waals surface area contributed by atoms with E-state index in [1.807, 2.05) is 39.0 Å². The van der Waals surface area contributed by atoms with Crippen molar-refractivity contribution in [3.05, 3.63) is 47.7 Å². The standard InChI is InChI=1S/C27H42N4O2/c1-5-21(2)10-11-22(3)27-29-25(23(4)33-27)20-31-18-12-24(13-19-31)26(32)28-14-9-17-30-15-7-6-8-16-30/h5,10-11,24H,1,6-9,12-20H2,2-4H3,(H,28,32)/b21-10-,22-11+. The number of nitrogens with one attached hydrogen (secondary N) is 1. The molecule has 1 aromatic heterocycles. The molecule has 182 valence electrons. The quantitative estimate of drug-likeness (QED) is 0.409. The highest BCUT2D eigenvalue weighted by atomic mass is 16.4. The van der Waals surface area contributed by atoms with E-state index >= 15 is 0 Å². The first-order valence-electron chi connectivity index (χ1n) is 12.6. The number of rotatable bonds is 10. The zero-order valence-corrected chi connectivity index (χ0v) is 20.9. The largest absolute Gasteiger partial charge is 0.441 e. The van der Waals surface area contributed by atoms with Crippen LogP contribution in [0.1, 0.15) is 69.7 Å². The Balaban J connectivity index is 1.39. The van der Waals surface area contributed by atoms with Crippen molar-refractivity contribution in [3.8, 4) is 0 Å². The molecule has 0 saturated carbocycles. The second-order valence-corrected chi connectivity index (χ2v) is 9.58. The maximum absolute atomic E-state index is 12.6. The minimum Gasteiger partial charge on any atom is -0.441 e. The predicted molar refractivity (Wildman–Crippen MR) is 135 cm³/mol. The highest BCUT2D eigenvalue weighted by Gasteiger charge is 2.26. The Labute approximate surface area is 199 Å². The molecular formula is C27H42N4O2. The second-order valence-electron chi connectivity index (χ2n) is 9.58. The molecule has 3 heterocycles. The summed E-state index contributed by atoms with van der Waals surface area (Å²) in [5.74, 6) is 1.91. The number of aromatic nitrogens is 1. The fraction of sp³-hybridized carbons (Fsp3) is 0.630. The van der Waals surface area contributed by atoms with Gasteiger partial charge in [-0.1, -0.05) is 36.8 Å². The molecule has 0 aromatic carbocycles. The van der Waals surface area contributed by atoms with E-state index in [-0.39, 0.29) is 11.8 Å². The predicted octanol–water partition coefficient (Wildman–Crippen LogP) is 4.72. The number of likely N-dealkylation sites (tertiary alicyclic amines) is 2. The van der Waals surface area contributed by atoms with Gasteiger partial charge in [0.05, 0.1) is 5.69 Å². The van der Waals surface area contributed by atoms with Crippen LogP contribution < -0.4 is 5.32 Å². The van der Waals surface area contributed by atoms with Crippen LogP contribution in [0.4, 0.5) is 0 Å². The van der Waals surface area contributed by atoms with Crippen molar-refractivity contribution in [2.75, 3.05) is 39.3 Å². The Kier molecular flexibility index (Phi) is 9.95. The fourth-order valence-corrected chi connectivity index (χ4v) is 4.55. The third kappa shape index (κ3) is 7.97. The highest BCUT2D eigenvalue weighted by molar-refractivity contribution is 5.78. The van der Waals surface area contributed by atoms with Gasteiger partial charge in [0.25, 0.3) is 0 Å². The SMILES string of the molecule is C=C/C(C)=C\C=C(/C)c1nc(CN2CCC(C(=O)NCCCN3CCCCC3)CC2)c(C)o1. The average molecular weight is 455 g/mol. The van der Waals surface area contributed by atoms with Crippen LogP contribution in [0.2, 0.25) is 0 Å². The number of hydrogen-bond acceptors (Lipinski definition) is 5. The van der Waals surface area contributed by atoms with Crippen molar-refractivity contribution < 1.29 is 9.21 Å². The van der Waals surface area contributed by atoms with E-state index in [1.54, 1.807) is 0 Å². The molecule has 0 spiro atoms. The van der Waals surface area contributed by atoms with E-state index in [2.05, 4.69) is 21.7 Å². The molecule has 1 aromatic rings. The normalized spacial score (nSPS) is 19.6. The summed E-state index contributed by atoms with van der Waals surface area (Å²) in [5.41, 5.74) is 3.09. The first-order valence-corrected chi connectivity index (χ1v) is 12.6. The molecule has 1 N–H and O–H groups in total. The number of hydrogen-bond donors (Lipinski definition) is 1. The summed E-state index contributed by atoms with van der Waals surface area (Å²) in [5, 5.41) is 3.18. The Morgan fingerprint density at radius 3 is 2.55 bits per heavy atom. The third-order valence-electron chi connectivity index (χ3n) is 6.88. The molecule has 0 radical (unpaired) electrons. The first kappa shape index (κ1) is 25.4. The molecule has 33 heavy (non-hydrogen) atoms. The summed E-state index contributed by atoms with van der Waals surface area (Å²) in [6, 6.07) is 0. The smallest absolute Gasteiger partial charge is 0.223 e. The minimum absolute atomic E-state index is 0.135. The number of allylic oxidation sites excluding steroid dienone is 5. The van der Waals surface area contributed by atoms with Gasteiger partial charge in [-0.2, -0.15) is 0 Å². The zero-order chi connectivity index (χ0) is 23.6. The number of nitrogens with zero attached hydrogens (tertiary/aromatic N) is 3. The molecular weight excluding hydrogens is 412 g/mol. The number of carbonyl (C=O) groups is 1. The number of oxazole rings is 1. The van der Waals surface area contributed by atoms with E-state index in [9.17, 15) is 4.79 Å². The molecule has 0 aliphatic carbocycles. The summed E-state index contributed by atoms with van der Waals surface area (Å²) in [6.45, 7) is 16.7. The van der Waals surface area contributed by atoms with Gasteiger partial charge < -0.3 is 14.6 Å². The molecule has 2 saturated heterocycles. The van der Waals surface area contributed by atoms with Gasteiger partial charge in [-0.15, -0.1) is 0 Å². The summed E-state index contributed by atoms with van der Waals surface area (Å²) in [4.78, 5) is 22.2. The van der Waals surface area contributed by atoms with Crippen LogP contribution in [0.3, 0.4) is 0 Å². The van der Waals surface area contributed by atoms with Crippen molar-refractivity contribution >= 4 is 11.5 Å². The van der Waals surface area contributed by atoms with Crippen molar-refractivity contribution in [3.63, 3.8) is 0 Å². The topological polar surface area (TPSA) is 61.6 Å². The lowest BCUT2D eigenvalue weighted by Gasteiger charge is -2.31. The Hall–Kier alpha value is -2.18. The maximum atomic E-state index is 12.6. The van der Waals surface area contributed by atoms with Crippen LogP contribution in [0, 0.1) is 12.8 Å². The number of aryl methyl sites for hydroxylation is 1. The molecule has 1 amide bonds. The van der Waals surface area contributed by atoms with Gasteiger partial charge in [-0.05, 0) is 85.6 Å². The lowest BCUT2D eigenvalue weighted by molar-refractivity contribution is -0.126.